The molecule has 0 amide bonds. The van der Waals surface area contributed by atoms with Crippen molar-refractivity contribution in [2.24, 2.45) is 5.73 Å². The number of Topliss-reactive ketones (excluding diaryl/α,β-unsaturated/α-hetero) is 1. The molecule has 2 aliphatic rings. The highest BCUT2D eigenvalue weighted by atomic mass is 16.6. The maximum atomic E-state index is 10.8. The van der Waals surface area contributed by atoms with Gasteiger partial charge in [-0.25, -0.2) is 0 Å². The van der Waals surface area contributed by atoms with Gasteiger partial charge in [-0.1, -0.05) is 0 Å². The minimum atomic E-state index is -0.458. The number of nitrogens with two attached hydrogens (primary N) is 1. The van der Waals surface area contributed by atoms with E-state index in [1.165, 1.54) is 6.08 Å². The van der Waals surface area contributed by atoms with Gasteiger partial charge in [0.05, 0.1) is 6.04 Å². The fourth-order valence-electron chi connectivity index (χ4n) is 1.13. The molecule has 3 unspecified atom stereocenters. The van der Waals surface area contributed by atoms with E-state index in [0.717, 1.165) is 0 Å². The SMILES string of the molecule is NC1C=C(O)C(=O)C2OC12. The summed E-state index contributed by atoms with van der Waals surface area (Å²) in [6, 6.07) is -0.317. The maximum absolute atomic E-state index is 10.8. The van der Waals surface area contributed by atoms with E-state index in [9.17, 15) is 4.79 Å². The Balaban J connectivity index is 2.30. The lowest BCUT2D eigenvalue weighted by atomic mass is 10.0. The number of aliphatic hydroxyl groups excluding tert-OH is 1. The van der Waals surface area contributed by atoms with Gasteiger partial charge in [0.1, 0.15) is 6.10 Å². The van der Waals surface area contributed by atoms with E-state index in [0.29, 0.717) is 0 Å². The van der Waals surface area contributed by atoms with E-state index in [1.54, 1.807) is 0 Å². The fraction of sp³-hybridized carbons (Fsp3) is 0.500. The first kappa shape index (κ1) is 5.88. The number of rotatable bonds is 0. The zero-order chi connectivity index (χ0) is 7.30. The first-order valence-electron chi connectivity index (χ1n) is 3.06. The number of hydrogen-bond donors (Lipinski definition) is 2. The van der Waals surface area contributed by atoms with Crippen molar-refractivity contribution in [3.63, 3.8) is 0 Å². The fourth-order valence-corrected chi connectivity index (χ4v) is 1.13. The Morgan fingerprint density at radius 2 is 2.40 bits per heavy atom. The van der Waals surface area contributed by atoms with Gasteiger partial charge in [-0.05, 0) is 6.08 Å². The van der Waals surface area contributed by atoms with Gasteiger partial charge in [0.25, 0.3) is 0 Å². The average Bonchev–Trinajstić information content (AvgIpc) is 2.61. The van der Waals surface area contributed by atoms with Crippen LogP contribution in [0.2, 0.25) is 0 Å². The van der Waals surface area contributed by atoms with E-state index in [1.807, 2.05) is 0 Å². The second-order valence-corrected chi connectivity index (χ2v) is 2.51. The smallest absolute Gasteiger partial charge is 0.228 e. The van der Waals surface area contributed by atoms with E-state index in [-0.39, 0.29) is 23.7 Å². The van der Waals surface area contributed by atoms with Crippen LogP contribution in [0.1, 0.15) is 0 Å². The minimum Gasteiger partial charge on any atom is -0.504 e. The third-order valence-electron chi connectivity index (χ3n) is 1.77. The number of ether oxygens (including phenoxy) is 1. The molecule has 0 aromatic carbocycles. The summed E-state index contributed by atoms with van der Waals surface area (Å²) in [5, 5.41) is 8.90. The second kappa shape index (κ2) is 1.59. The molecule has 1 heterocycles. The van der Waals surface area contributed by atoms with Crippen molar-refractivity contribution < 1.29 is 14.6 Å². The van der Waals surface area contributed by atoms with Crippen molar-refractivity contribution in [2.45, 2.75) is 18.2 Å². The highest BCUT2D eigenvalue weighted by Crippen LogP contribution is 2.31. The van der Waals surface area contributed by atoms with E-state index >= 15 is 0 Å². The monoisotopic (exact) mass is 141 g/mol. The number of hydrogen-bond acceptors (Lipinski definition) is 4. The van der Waals surface area contributed by atoms with Gasteiger partial charge in [0.2, 0.25) is 5.78 Å². The molecule has 0 saturated carbocycles. The van der Waals surface area contributed by atoms with E-state index in [2.05, 4.69) is 0 Å². The third kappa shape index (κ3) is 0.600. The van der Waals surface area contributed by atoms with Crippen LogP contribution in [0, 0.1) is 0 Å². The molecule has 10 heavy (non-hydrogen) atoms. The Bertz CT molecular complexity index is 223. The highest BCUT2D eigenvalue weighted by Gasteiger charge is 2.52. The number of fused-ring (bicyclic) bond motifs is 1. The minimum absolute atomic E-state index is 0.177. The van der Waals surface area contributed by atoms with Crippen LogP contribution in [0.3, 0.4) is 0 Å². The van der Waals surface area contributed by atoms with Gasteiger partial charge < -0.3 is 15.6 Å². The van der Waals surface area contributed by atoms with E-state index < -0.39 is 6.10 Å². The second-order valence-electron chi connectivity index (χ2n) is 2.51. The van der Waals surface area contributed by atoms with Crippen LogP contribution in [0.5, 0.6) is 0 Å². The van der Waals surface area contributed by atoms with Crippen LogP contribution in [-0.2, 0) is 9.53 Å². The molecule has 1 aliphatic carbocycles. The molecule has 0 radical (unpaired) electrons. The zero-order valence-corrected chi connectivity index (χ0v) is 5.15. The van der Waals surface area contributed by atoms with Crippen LogP contribution in [-0.4, -0.2) is 29.1 Å². The van der Waals surface area contributed by atoms with Gasteiger partial charge in [0.15, 0.2) is 11.9 Å². The molecule has 4 nitrogen and oxygen atoms in total. The van der Waals surface area contributed by atoms with Crippen molar-refractivity contribution in [1.82, 2.24) is 0 Å². The Morgan fingerprint density at radius 1 is 1.70 bits per heavy atom. The Morgan fingerprint density at radius 3 is 3.10 bits per heavy atom. The van der Waals surface area contributed by atoms with Gasteiger partial charge in [-0.2, -0.15) is 0 Å². The molecule has 0 spiro atoms. The van der Waals surface area contributed by atoms with Gasteiger partial charge in [-0.3, -0.25) is 4.79 Å². The molecular formula is C6H7NO3. The summed E-state index contributed by atoms with van der Waals surface area (Å²) in [6.45, 7) is 0. The quantitative estimate of drug-likeness (QED) is 0.429. The summed E-state index contributed by atoms with van der Waals surface area (Å²) in [5.41, 5.74) is 5.46. The lowest BCUT2D eigenvalue weighted by Gasteiger charge is -2.07. The number of epoxide rings is 1. The first-order chi connectivity index (χ1) is 4.70. The Kier molecular flexibility index (Phi) is 0.934. The van der Waals surface area contributed by atoms with Crippen molar-refractivity contribution in [3.8, 4) is 0 Å². The lowest BCUT2D eigenvalue weighted by Crippen LogP contribution is -2.33. The number of carbonyl (C=O) groups is 1. The molecule has 0 aromatic rings. The molecule has 3 N–H and O–H groups in total. The van der Waals surface area contributed by atoms with Crippen LogP contribution in [0.15, 0.2) is 11.8 Å². The largest absolute Gasteiger partial charge is 0.504 e. The van der Waals surface area contributed by atoms with Crippen molar-refractivity contribution in [1.29, 1.82) is 0 Å². The molecule has 0 bridgehead atoms. The third-order valence-corrected chi connectivity index (χ3v) is 1.77. The summed E-state index contributed by atoms with van der Waals surface area (Å²) in [7, 11) is 0. The molecule has 1 aliphatic heterocycles. The zero-order valence-electron chi connectivity index (χ0n) is 5.15. The molecule has 0 aromatic heterocycles. The number of ketones is 1. The highest BCUT2D eigenvalue weighted by molar-refractivity contribution is 6.00. The normalized spacial score (nSPS) is 44.3. The van der Waals surface area contributed by atoms with Crippen LogP contribution in [0.4, 0.5) is 0 Å². The Hall–Kier alpha value is -0.870. The van der Waals surface area contributed by atoms with Crippen LogP contribution in [0.25, 0.3) is 0 Å². The maximum Gasteiger partial charge on any atom is 0.228 e. The van der Waals surface area contributed by atoms with E-state index in [4.69, 9.17) is 15.6 Å². The molecular weight excluding hydrogens is 134 g/mol. The lowest BCUT2D eigenvalue weighted by molar-refractivity contribution is -0.119. The topological polar surface area (TPSA) is 75.8 Å². The Labute approximate surface area is 57.3 Å². The summed E-state index contributed by atoms with van der Waals surface area (Å²) in [6.07, 6.45) is 0.694. The predicted molar refractivity (Wildman–Crippen MR) is 32.4 cm³/mol. The predicted octanol–water partition coefficient (Wildman–Crippen LogP) is -0.894. The van der Waals surface area contributed by atoms with Crippen LogP contribution < -0.4 is 5.73 Å². The molecule has 54 valence electrons. The van der Waals surface area contributed by atoms with Gasteiger partial charge in [-0.15, -0.1) is 0 Å². The average molecular weight is 141 g/mol. The molecule has 1 fully saturated rings. The van der Waals surface area contributed by atoms with Crippen molar-refractivity contribution in [2.75, 3.05) is 0 Å². The van der Waals surface area contributed by atoms with Gasteiger partial charge in [0, 0.05) is 0 Å². The van der Waals surface area contributed by atoms with Crippen LogP contribution >= 0.6 is 0 Å². The molecule has 4 heteroatoms. The summed E-state index contributed by atoms with van der Waals surface area (Å²) >= 11 is 0. The first-order valence-corrected chi connectivity index (χ1v) is 3.06. The number of aliphatic hydroxyl groups is 1. The summed E-state index contributed by atoms with van der Waals surface area (Å²) < 4.78 is 4.89. The molecule has 3 atom stereocenters. The summed E-state index contributed by atoms with van der Waals surface area (Å²) in [4.78, 5) is 10.8. The van der Waals surface area contributed by atoms with Crippen molar-refractivity contribution >= 4 is 5.78 Å². The molecule has 2 rings (SSSR count). The summed E-state index contributed by atoms with van der Waals surface area (Å²) in [5.74, 6) is -0.599. The van der Waals surface area contributed by atoms with Crippen molar-refractivity contribution in [3.05, 3.63) is 11.8 Å². The van der Waals surface area contributed by atoms with Gasteiger partial charge >= 0.3 is 0 Å². The standard InChI is InChI=1S/C6H7NO3/c7-2-1-3(8)4(9)6-5(2)10-6/h1-2,5-6,8H,7H2. The molecule has 1 saturated heterocycles. The number of carbonyl (C=O) groups excluding carboxylic acids is 1.